The van der Waals surface area contributed by atoms with Gasteiger partial charge in [0.1, 0.15) is 11.9 Å². The number of aliphatic hydroxyl groups excluding tert-OH is 1. The number of rotatable bonds is 2. The minimum atomic E-state index is -0.311. The molecule has 1 aliphatic rings. The van der Waals surface area contributed by atoms with Gasteiger partial charge in [-0.2, -0.15) is 0 Å². The highest BCUT2D eigenvalue weighted by Crippen LogP contribution is 2.24. The van der Waals surface area contributed by atoms with Crippen LogP contribution in [0.4, 0.5) is 0 Å². The molecular formula is C18H21ClO2S. The third-order valence-corrected chi connectivity index (χ3v) is 4.08. The first-order valence-corrected chi connectivity index (χ1v) is 8.32. The van der Waals surface area contributed by atoms with E-state index in [9.17, 15) is 5.11 Å². The Hall–Kier alpha value is -1.16. The lowest BCUT2D eigenvalue weighted by molar-refractivity contribution is 0.00685. The molecule has 0 aliphatic heterocycles. The average molecular weight is 337 g/mol. The quantitative estimate of drug-likeness (QED) is 0.756. The van der Waals surface area contributed by atoms with Crippen LogP contribution in [0.15, 0.2) is 59.5 Å². The Morgan fingerprint density at radius 2 is 1.59 bits per heavy atom. The zero-order valence-corrected chi connectivity index (χ0v) is 14.0. The summed E-state index contributed by atoms with van der Waals surface area (Å²) in [5, 5.41) is 10.5. The van der Waals surface area contributed by atoms with Gasteiger partial charge in [-0.05, 0) is 55.7 Å². The minimum absolute atomic E-state index is 0.0375. The molecule has 0 spiro atoms. The van der Waals surface area contributed by atoms with E-state index in [-0.39, 0.29) is 12.2 Å². The van der Waals surface area contributed by atoms with Gasteiger partial charge in [0.25, 0.3) is 0 Å². The third kappa shape index (κ3) is 5.91. The van der Waals surface area contributed by atoms with Crippen LogP contribution in [0.3, 0.4) is 0 Å². The van der Waals surface area contributed by atoms with Crippen molar-refractivity contribution in [3.63, 3.8) is 0 Å². The van der Waals surface area contributed by atoms with Gasteiger partial charge in [0.15, 0.2) is 0 Å². The number of hydrogen-bond donors (Lipinski definition) is 2. The second-order valence-electron chi connectivity index (χ2n) is 5.30. The van der Waals surface area contributed by atoms with Crippen molar-refractivity contribution in [2.24, 2.45) is 0 Å². The lowest BCUT2D eigenvalue weighted by Gasteiger charge is -2.28. The summed E-state index contributed by atoms with van der Waals surface area (Å²) in [5.74, 6) is 0.818. The fourth-order valence-corrected chi connectivity index (χ4v) is 2.62. The molecule has 0 saturated heterocycles. The van der Waals surface area contributed by atoms with Crippen LogP contribution < -0.4 is 4.74 Å². The van der Waals surface area contributed by atoms with Crippen LogP contribution in [0.5, 0.6) is 5.75 Å². The van der Waals surface area contributed by atoms with E-state index in [0.29, 0.717) is 0 Å². The molecule has 2 atom stereocenters. The van der Waals surface area contributed by atoms with Crippen molar-refractivity contribution in [2.45, 2.75) is 42.8 Å². The van der Waals surface area contributed by atoms with E-state index in [2.05, 4.69) is 12.6 Å². The van der Waals surface area contributed by atoms with E-state index in [0.717, 1.165) is 41.4 Å². The van der Waals surface area contributed by atoms with E-state index in [4.69, 9.17) is 16.3 Å². The van der Waals surface area contributed by atoms with Crippen molar-refractivity contribution in [2.75, 3.05) is 0 Å². The Labute approximate surface area is 142 Å². The SMILES string of the molecule is Clc1ccccc1.OC1CCCCC1Oc1ccc(S)cc1. The van der Waals surface area contributed by atoms with Crippen LogP contribution in [-0.2, 0) is 0 Å². The van der Waals surface area contributed by atoms with Gasteiger partial charge in [-0.3, -0.25) is 0 Å². The third-order valence-electron chi connectivity index (χ3n) is 3.52. The van der Waals surface area contributed by atoms with E-state index < -0.39 is 0 Å². The molecule has 1 aliphatic carbocycles. The fraction of sp³-hybridized carbons (Fsp3) is 0.333. The first-order chi connectivity index (χ1) is 10.6. The van der Waals surface area contributed by atoms with Crippen molar-refractivity contribution in [3.8, 4) is 5.75 Å². The summed E-state index contributed by atoms with van der Waals surface area (Å²) in [6, 6.07) is 17.0. The summed E-state index contributed by atoms with van der Waals surface area (Å²) in [7, 11) is 0. The highest BCUT2D eigenvalue weighted by atomic mass is 35.5. The molecule has 1 N–H and O–H groups in total. The van der Waals surface area contributed by atoms with E-state index >= 15 is 0 Å². The van der Waals surface area contributed by atoms with Gasteiger partial charge in [-0.1, -0.05) is 36.2 Å². The highest BCUT2D eigenvalue weighted by Gasteiger charge is 2.24. The predicted octanol–water partition coefficient (Wildman–Crippen LogP) is 5.00. The summed E-state index contributed by atoms with van der Waals surface area (Å²) in [6.07, 6.45) is 3.71. The number of benzene rings is 2. The van der Waals surface area contributed by atoms with E-state index in [1.54, 1.807) is 0 Å². The zero-order chi connectivity index (χ0) is 15.8. The molecule has 0 amide bonds. The Bertz CT molecular complexity index is 545. The van der Waals surface area contributed by atoms with Crippen LogP contribution in [0.25, 0.3) is 0 Å². The van der Waals surface area contributed by atoms with Gasteiger partial charge in [-0.15, -0.1) is 12.6 Å². The van der Waals surface area contributed by atoms with Gasteiger partial charge in [0.05, 0.1) is 6.10 Å². The Morgan fingerprint density at radius 3 is 2.14 bits per heavy atom. The van der Waals surface area contributed by atoms with E-state index in [1.807, 2.05) is 54.6 Å². The molecule has 2 nitrogen and oxygen atoms in total. The smallest absolute Gasteiger partial charge is 0.124 e. The molecule has 2 aromatic rings. The second-order valence-corrected chi connectivity index (χ2v) is 6.25. The fourth-order valence-electron chi connectivity index (χ4n) is 2.33. The van der Waals surface area contributed by atoms with Crippen molar-refractivity contribution >= 4 is 24.2 Å². The van der Waals surface area contributed by atoms with Crippen LogP contribution in [-0.4, -0.2) is 17.3 Å². The van der Waals surface area contributed by atoms with Crippen molar-refractivity contribution in [1.82, 2.24) is 0 Å². The van der Waals surface area contributed by atoms with Gasteiger partial charge in [0, 0.05) is 9.92 Å². The summed E-state index contributed by atoms with van der Waals surface area (Å²) >= 11 is 9.75. The Kier molecular flexibility index (Phi) is 7.10. The maximum absolute atomic E-state index is 9.74. The highest BCUT2D eigenvalue weighted by molar-refractivity contribution is 7.80. The number of hydrogen-bond acceptors (Lipinski definition) is 3. The van der Waals surface area contributed by atoms with Crippen LogP contribution in [0.2, 0.25) is 5.02 Å². The van der Waals surface area contributed by atoms with Crippen LogP contribution in [0.1, 0.15) is 25.7 Å². The normalized spacial score (nSPS) is 20.7. The lowest BCUT2D eigenvalue weighted by atomic mass is 9.95. The van der Waals surface area contributed by atoms with Gasteiger partial charge < -0.3 is 9.84 Å². The second kappa shape index (κ2) is 9.09. The molecule has 2 aromatic carbocycles. The maximum atomic E-state index is 9.74. The molecule has 3 rings (SSSR count). The molecule has 0 heterocycles. The molecule has 4 heteroatoms. The van der Waals surface area contributed by atoms with Crippen molar-refractivity contribution < 1.29 is 9.84 Å². The summed E-state index contributed by atoms with van der Waals surface area (Å²) in [4.78, 5) is 0.923. The number of thiol groups is 1. The monoisotopic (exact) mass is 336 g/mol. The summed E-state index contributed by atoms with van der Waals surface area (Å²) in [6.45, 7) is 0. The average Bonchev–Trinajstić information content (AvgIpc) is 2.53. The molecule has 0 bridgehead atoms. The molecule has 0 aromatic heterocycles. The van der Waals surface area contributed by atoms with Gasteiger partial charge >= 0.3 is 0 Å². The molecule has 0 radical (unpaired) electrons. The number of ether oxygens (including phenoxy) is 1. The van der Waals surface area contributed by atoms with Gasteiger partial charge in [-0.25, -0.2) is 0 Å². The molecule has 1 fully saturated rings. The molecular weight excluding hydrogens is 316 g/mol. The first-order valence-electron chi connectivity index (χ1n) is 7.49. The largest absolute Gasteiger partial charge is 0.488 e. The molecule has 2 unspecified atom stereocenters. The number of aliphatic hydroxyl groups is 1. The minimum Gasteiger partial charge on any atom is -0.488 e. The topological polar surface area (TPSA) is 29.5 Å². The predicted molar refractivity (Wildman–Crippen MR) is 94.0 cm³/mol. The molecule has 118 valence electrons. The molecule has 1 saturated carbocycles. The lowest BCUT2D eigenvalue weighted by Crippen LogP contribution is -2.34. The maximum Gasteiger partial charge on any atom is 0.124 e. The van der Waals surface area contributed by atoms with E-state index in [1.165, 1.54) is 0 Å². The Morgan fingerprint density at radius 1 is 0.955 bits per heavy atom. The summed E-state index contributed by atoms with van der Waals surface area (Å²) < 4.78 is 5.74. The van der Waals surface area contributed by atoms with Gasteiger partial charge in [0.2, 0.25) is 0 Å². The van der Waals surface area contributed by atoms with Crippen molar-refractivity contribution in [1.29, 1.82) is 0 Å². The standard InChI is InChI=1S/C12H16O2S.C6H5Cl/c13-11-3-1-2-4-12(11)14-9-5-7-10(15)8-6-9;7-6-4-2-1-3-5-6/h5-8,11-13,15H,1-4H2;1-5H. The Balaban J connectivity index is 0.000000211. The van der Waals surface area contributed by atoms with Crippen LogP contribution >= 0.6 is 24.2 Å². The summed E-state index contributed by atoms with van der Waals surface area (Å²) in [5.41, 5.74) is 0. The zero-order valence-electron chi connectivity index (χ0n) is 12.4. The van der Waals surface area contributed by atoms with Crippen LogP contribution in [0, 0.1) is 0 Å². The molecule has 22 heavy (non-hydrogen) atoms. The van der Waals surface area contributed by atoms with Crippen molar-refractivity contribution in [3.05, 3.63) is 59.6 Å². The number of halogens is 1. The first kappa shape index (κ1) is 17.2.